The van der Waals surface area contributed by atoms with E-state index in [4.69, 9.17) is 10.7 Å². The van der Waals surface area contributed by atoms with Gasteiger partial charge >= 0.3 is 0 Å². The van der Waals surface area contributed by atoms with Gasteiger partial charge < -0.3 is 10.6 Å². The molecule has 0 amide bonds. The van der Waals surface area contributed by atoms with Gasteiger partial charge in [-0.3, -0.25) is 0 Å². The van der Waals surface area contributed by atoms with Crippen molar-refractivity contribution in [1.82, 2.24) is 4.98 Å². The fourth-order valence-electron chi connectivity index (χ4n) is 2.82. The van der Waals surface area contributed by atoms with Gasteiger partial charge in [-0.05, 0) is 44.7 Å². The summed E-state index contributed by atoms with van der Waals surface area (Å²) in [6, 6.07) is 5.51. The molecule has 3 nitrogen and oxygen atoms in total. The lowest BCUT2D eigenvalue weighted by Gasteiger charge is -2.29. The second-order valence-electron chi connectivity index (χ2n) is 5.01. The van der Waals surface area contributed by atoms with Crippen molar-refractivity contribution in [2.75, 3.05) is 4.90 Å². The first-order valence-corrected chi connectivity index (χ1v) is 6.62. The Morgan fingerprint density at radius 3 is 2.76 bits per heavy atom. The van der Waals surface area contributed by atoms with E-state index in [2.05, 4.69) is 30.9 Å². The lowest BCUT2D eigenvalue weighted by Crippen LogP contribution is -2.34. The van der Waals surface area contributed by atoms with E-state index in [-0.39, 0.29) is 0 Å². The molecule has 17 heavy (non-hydrogen) atoms. The molecule has 2 N–H and O–H groups in total. The van der Waals surface area contributed by atoms with Gasteiger partial charge in [0.1, 0.15) is 5.82 Å². The molecule has 1 aromatic rings. The molecule has 2 heterocycles. The largest absolute Gasteiger partial charge is 0.351 e. The van der Waals surface area contributed by atoms with Gasteiger partial charge in [-0.1, -0.05) is 13.0 Å². The van der Waals surface area contributed by atoms with E-state index in [1.54, 1.807) is 0 Å². The molecule has 1 saturated heterocycles. The summed E-state index contributed by atoms with van der Waals surface area (Å²) >= 11 is 0. The van der Waals surface area contributed by atoms with E-state index < -0.39 is 0 Å². The summed E-state index contributed by atoms with van der Waals surface area (Å²) in [7, 11) is 0. The fraction of sp³-hybridized carbons (Fsp3) is 0.643. The topological polar surface area (TPSA) is 42.1 Å². The Balaban J connectivity index is 2.29. The second-order valence-corrected chi connectivity index (χ2v) is 5.01. The average molecular weight is 233 g/mol. The third-order valence-electron chi connectivity index (χ3n) is 3.92. The zero-order chi connectivity index (χ0) is 12.4. The van der Waals surface area contributed by atoms with Crippen molar-refractivity contribution in [2.45, 2.75) is 58.7 Å². The Labute approximate surface area is 104 Å². The van der Waals surface area contributed by atoms with Crippen LogP contribution in [-0.4, -0.2) is 17.1 Å². The van der Waals surface area contributed by atoms with E-state index in [1.165, 1.54) is 19.3 Å². The van der Waals surface area contributed by atoms with E-state index in [0.29, 0.717) is 18.6 Å². The molecule has 0 spiro atoms. The number of hydrogen-bond acceptors (Lipinski definition) is 3. The molecule has 1 fully saturated rings. The van der Waals surface area contributed by atoms with Crippen LogP contribution in [0.2, 0.25) is 0 Å². The zero-order valence-corrected chi connectivity index (χ0v) is 11.1. The Morgan fingerprint density at radius 1 is 1.41 bits per heavy atom. The first kappa shape index (κ1) is 12.4. The molecule has 3 heteroatoms. The highest BCUT2D eigenvalue weighted by Gasteiger charge is 2.30. The van der Waals surface area contributed by atoms with Gasteiger partial charge in [-0.25, -0.2) is 4.98 Å². The highest BCUT2D eigenvalue weighted by atomic mass is 15.3. The third-order valence-corrected chi connectivity index (χ3v) is 3.92. The SMILES string of the molecule is CCC1CCC(C)N1c1ccc(CN)c(C)n1. The molecule has 1 aliphatic heterocycles. The highest BCUT2D eigenvalue weighted by molar-refractivity contribution is 5.45. The number of nitrogens with zero attached hydrogens (tertiary/aromatic N) is 2. The van der Waals surface area contributed by atoms with Crippen molar-refractivity contribution >= 4 is 5.82 Å². The van der Waals surface area contributed by atoms with E-state index in [0.717, 1.165) is 17.1 Å². The van der Waals surface area contributed by atoms with Crippen LogP contribution >= 0.6 is 0 Å². The predicted octanol–water partition coefficient (Wildman–Crippen LogP) is 2.62. The van der Waals surface area contributed by atoms with Crippen LogP contribution in [0.1, 0.15) is 44.4 Å². The molecule has 2 rings (SSSR count). The second kappa shape index (κ2) is 5.05. The molecule has 0 bridgehead atoms. The third kappa shape index (κ3) is 2.29. The van der Waals surface area contributed by atoms with Crippen molar-refractivity contribution in [3.8, 4) is 0 Å². The van der Waals surface area contributed by atoms with Crippen molar-refractivity contribution in [2.24, 2.45) is 5.73 Å². The monoisotopic (exact) mass is 233 g/mol. The normalized spacial score (nSPS) is 24.4. The van der Waals surface area contributed by atoms with Crippen LogP contribution in [0, 0.1) is 6.92 Å². The minimum Gasteiger partial charge on any atom is -0.351 e. The number of nitrogens with two attached hydrogens (primary N) is 1. The molecule has 1 aliphatic rings. The van der Waals surface area contributed by atoms with Crippen LogP contribution in [0.4, 0.5) is 5.82 Å². The fourth-order valence-corrected chi connectivity index (χ4v) is 2.82. The summed E-state index contributed by atoms with van der Waals surface area (Å²) in [6.45, 7) is 7.18. The number of aryl methyl sites for hydroxylation is 1. The van der Waals surface area contributed by atoms with E-state index in [1.807, 2.05) is 6.92 Å². The van der Waals surface area contributed by atoms with Gasteiger partial charge in [0.15, 0.2) is 0 Å². The van der Waals surface area contributed by atoms with Crippen LogP contribution < -0.4 is 10.6 Å². The maximum absolute atomic E-state index is 5.68. The number of aromatic nitrogens is 1. The number of pyridine rings is 1. The highest BCUT2D eigenvalue weighted by Crippen LogP contribution is 2.31. The average Bonchev–Trinajstić information content (AvgIpc) is 2.70. The van der Waals surface area contributed by atoms with Gasteiger partial charge in [0.05, 0.1) is 0 Å². The predicted molar refractivity (Wildman–Crippen MR) is 72.1 cm³/mol. The summed E-state index contributed by atoms with van der Waals surface area (Å²) in [5.41, 5.74) is 7.90. The van der Waals surface area contributed by atoms with Crippen molar-refractivity contribution in [1.29, 1.82) is 0 Å². The smallest absolute Gasteiger partial charge is 0.129 e. The number of rotatable bonds is 3. The van der Waals surface area contributed by atoms with Crippen LogP contribution in [-0.2, 0) is 6.54 Å². The molecule has 0 aliphatic carbocycles. The summed E-state index contributed by atoms with van der Waals surface area (Å²) < 4.78 is 0. The van der Waals surface area contributed by atoms with Crippen LogP contribution in [0.15, 0.2) is 12.1 Å². The zero-order valence-electron chi connectivity index (χ0n) is 11.1. The van der Waals surface area contributed by atoms with Gasteiger partial charge in [0, 0.05) is 24.3 Å². The van der Waals surface area contributed by atoms with Gasteiger partial charge in [0.25, 0.3) is 0 Å². The van der Waals surface area contributed by atoms with Crippen LogP contribution in [0.3, 0.4) is 0 Å². The molecule has 2 unspecified atom stereocenters. The number of hydrogen-bond donors (Lipinski definition) is 1. The Hall–Kier alpha value is -1.09. The maximum Gasteiger partial charge on any atom is 0.129 e. The Morgan fingerprint density at radius 2 is 2.18 bits per heavy atom. The lowest BCUT2D eigenvalue weighted by atomic mass is 10.1. The Bertz CT molecular complexity index is 389. The summed E-state index contributed by atoms with van der Waals surface area (Å²) in [6.07, 6.45) is 3.76. The van der Waals surface area contributed by atoms with Crippen LogP contribution in [0.5, 0.6) is 0 Å². The molecular weight excluding hydrogens is 210 g/mol. The summed E-state index contributed by atoms with van der Waals surface area (Å²) in [5, 5.41) is 0. The first-order valence-electron chi connectivity index (χ1n) is 6.62. The van der Waals surface area contributed by atoms with Crippen molar-refractivity contribution < 1.29 is 0 Å². The van der Waals surface area contributed by atoms with Crippen LogP contribution in [0.25, 0.3) is 0 Å². The van der Waals surface area contributed by atoms with Crippen molar-refractivity contribution in [3.05, 3.63) is 23.4 Å². The maximum atomic E-state index is 5.68. The van der Waals surface area contributed by atoms with E-state index in [9.17, 15) is 0 Å². The molecule has 94 valence electrons. The Kier molecular flexibility index (Phi) is 3.67. The van der Waals surface area contributed by atoms with Crippen molar-refractivity contribution in [3.63, 3.8) is 0 Å². The molecule has 0 aromatic carbocycles. The minimum atomic E-state index is 0.575. The molecule has 1 aromatic heterocycles. The molecular formula is C14H23N3. The summed E-state index contributed by atoms with van der Waals surface area (Å²) in [5.74, 6) is 1.12. The lowest BCUT2D eigenvalue weighted by molar-refractivity contribution is 0.620. The van der Waals surface area contributed by atoms with Gasteiger partial charge in [-0.2, -0.15) is 0 Å². The summed E-state index contributed by atoms with van der Waals surface area (Å²) in [4.78, 5) is 7.20. The minimum absolute atomic E-state index is 0.575. The molecule has 2 atom stereocenters. The molecule has 0 radical (unpaired) electrons. The number of anilines is 1. The van der Waals surface area contributed by atoms with Gasteiger partial charge in [0.2, 0.25) is 0 Å². The quantitative estimate of drug-likeness (QED) is 0.872. The first-order chi connectivity index (χ1) is 8.17. The standard InChI is InChI=1S/C14H23N3/c1-4-13-7-5-10(2)17(13)14-8-6-12(9-15)11(3)16-14/h6,8,10,13H,4-5,7,9,15H2,1-3H3. The molecule has 0 saturated carbocycles. The van der Waals surface area contributed by atoms with Gasteiger partial charge in [-0.15, -0.1) is 0 Å². The van der Waals surface area contributed by atoms with E-state index >= 15 is 0 Å².